The average molecular weight is 302 g/mol. The molecule has 1 heterocycles. The van der Waals surface area contributed by atoms with Crippen LogP contribution in [0.1, 0.15) is 16.7 Å². The number of benzene rings is 2. The van der Waals surface area contributed by atoms with Crippen LogP contribution < -0.4 is 0 Å². The van der Waals surface area contributed by atoms with Crippen LogP contribution in [0.4, 0.5) is 0 Å². The van der Waals surface area contributed by atoms with E-state index in [0.29, 0.717) is 0 Å². The minimum absolute atomic E-state index is 1.05. The third-order valence-corrected chi connectivity index (χ3v) is 4.00. The minimum atomic E-state index is 1.05. The van der Waals surface area contributed by atoms with E-state index >= 15 is 0 Å². The molecule has 0 fully saturated rings. The predicted molar refractivity (Wildman–Crippen MR) is 78.4 cm³/mol. The van der Waals surface area contributed by atoms with Crippen molar-refractivity contribution in [3.63, 3.8) is 0 Å². The summed E-state index contributed by atoms with van der Waals surface area (Å²) >= 11 is 3.56. The van der Waals surface area contributed by atoms with E-state index in [0.717, 1.165) is 26.1 Å². The maximum Gasteiger partial charge on any atom is 0.0240 e. The summed E-state index contributed by atoms with van der Waals surface area (Å²) in [6.45, 7) is 3.26. The second kappa shape index (κ2) is 5.25. The van der Waals surface area contributed by atoms with E-state index < -0.39 is 0 Å². The zero-order valence-corrected chi connectivity index (χ0v) is 11.9. The Hall–Kier alpha value is -1.12. The zero-order valence-electron chi connectivity index (χ0n) is 10.3. The molecule has 0 N–H and O–H groups in total. The number of hydrogen-bond donors (Lipinski definition) is 0. The molecule has 0 spiro atoms. The molecule has 0 aliphatic carbocycles. The molecule has 0 aromatic heterocycles. The monoisotopic (exact) mass is 301 g/mol. The Morgan fingerprint density at radius 1 is 1.00 bits per heavy atom. The highest BCUT2D eigenvalue weighted by Crippen LogP contribution is 2.23. The second-order valence-electron chi connectivity index (χ2n) is 4.86. The van der Waals surface area contributed by atoms with Crippen LogP contribution in [0.25, 0.3) is 0 Å². The van der Waals surface area contributed by atoms with Crippen molar-refractivity contribution in [2.24, 2.45) is 0 Å². The number of fused-ring (bicyclic) bond motifs is 1. The fourth-order valence-corrected chi connectivity index (χ4v) is 2.97. The van der Waals surface area contributed by atoms with Gasteiger partial charge < -0.3 is 0 Å². The van der Waals surface area contributed by atoms with Gasteiger partial charge in [0.1, 0.15) is 0 Å². The molecular formula is C16H16BrN. The molecule has 0 saturated heterocycles. The van der Waals surface area contributed by atoms with Gasteiger partial charge in [0, 0.05) is 24.1 Å². The Balaban J connectivity index is 1.75. The van der Waals surface area contributed by atoms with Gasteiger partial charge >= 0.3 is 0 Å². The van der Waals surface area contributed by atoms with Crippen LogP contribution >= 0.6 is 15.9 Å². The van der Waals surface area contributed by atoms with Crippen LogP contribution in [-0.4, -0.2) is 11.4 Å². The molecule has 2 aromatic rings. The fraction of sp³-hybridized carbons (Fsp3) is 0.250. The van der Waals surface area contributed by atoms with Gasteiger partial charge in [0.15, 0.2) is 0 Å². The summed E-state index contributed by atoms with van der Waals surface area (Å²) < 4.78 is 1.18. The fourth-order valence-electron chi connectivity index (χ4n) is 2.56. The SMILES string of the molecule is Brc1ccc2c(c1)CN(Cc1ccccc1)CC2. The van der Waals surface area contributed by atoms with Crippen LogP contribution in [0.2, 0.25) is 0 Å². The lowest BCUT2D eigenvalue weighted by Crippen LogP contribution is -2.29. The van der Waals surface area contributed by atoms with Crippen molar-refractivity contribution >= 4 is 15.9 Å². The number of rotatable bonds is 2. The maximum absolute atomic E-state index is 3.56. The summed E-state index contributed by atoms with van der Waals surface area (Å²) in [7, 11) is 0. The van der Waals surface area contributed by atoms with Crippen molar-refractivity contribution in [1.29, 1.82) is 0 Å². The second-order valence-corrected chi connectivity index (χ2v) is 5.77. The van der Waals surface area contributed by atoms with E-state index in [9.17, 15) is 0 Å². The maximum atomic E-state index is 3.56. The molecule has 1 aliphatic rings. The van der Waals surface area contributed by atoms with Crippen molar-refractivity contribution < 1.29 is 0 Å². The van der Waals surface area contributed by atoms with E-state index in [1.165, 1.54) is 21.2 Å². The first-order chi connectivity index (χ1) is 8.81. The summed E-state index contributed by atoms with van der Waals surface area (Å²) in [5.74, 6) is 0. The zero-order chi connectivity index (χ0) is 12.4. The smallest absolute Gasteiger partial charge is 0.0240 e. The lowest BCUT2D eigenvalue weighted by Gasteiger charge is -2.28. The van der Waals surface area contributed by atoms with Gasteiger partial charge in [-0.1, -0.05) is 52.3 Å². The first-order valence-corrected chi connectivity index (χ1v) is 7.14. The highest BCUT2D eigenvalue weighted by atomic mass is 79.9. The Morgan fingerprint density at radius 3 is 2.67 bits per heavy atom. The molecule has 0 amide bonds. The topological polar surface area (TPSA) is 3.24 Å². The molecule has 0 bridgehead atoms. The molecule has 2 aromatic carbocycles. The van der Waals surface area contributed by atoms with Crippen molar-refractivity contribution in [2.45, 2.75) is 19.5 Å². The highest BCUT2D eigenvalue weighted by Gasteiger charge is 2.16. The van der Waals surface area contributed by atoms with Crippen LogP contribution in [0, 0.1) is 0 Å². The summed E-state index contributed by atoms with van der Waals surface area (Å²) in [6.07, 6.45) is 1.16. The van der Waals surface area contributed by atoms with Gasteiger partial charge in [-0.25, -0.2) is 0 Å². The Labute approximate surface area is 117 Å². The molecule has 92 valence electrons. The molecular weight excluding hydrogens is 286 g/mol. The summed E-state index contributed by atoms with van der Waals surface area (Å²) in [6, 6.07) is 17.4. The largest absolute Gasteiger partial charge is 0.294 e. The highest BCUT2D eigenvalue weighted by molar-refractivity contribution is 9.10. The van der Waals surface area contributed by atoms with Crippen LogP contribution in [0.5, 0.6) is 0 Å². The normalized spacial score (nSPS) is 15.4. The molecule has 3 rings (SSSR count). The van der Waals surface area contributed by atoms with Crippen molar-refractivity contribution in [3.05, 3.63) is 69.7 Å². The summed E-state index contributed by atoms with van der Waals surface area (Å²) in [5, 5.41) is 0. The third-order valence-electron chi connectivity index (χ3n) is 3.51. The van der Waals surface area contributed by atoms with Crippen LogP contribution in [-0.2, 0) is 19.5 Å². The quantitative estimate of drug-likeness (QED) is 0.810. The first kappa shape index (κ1) is 11.9. The Morgan fingerprint density at radius 2 is 1.83 bits per heavy atom. The van der Waals surface area contributed by atoms with E-state index in [1.807, 2.05) is 0 Å². The van der Waals surface area contributed by atoms with E-state index in [2.05, 4.69) is 69.4 Å². The van der Waals surface area contributed by atoms with Gasteiger partial charge in [0.25, 0.3) is 0 Å². The molecule has 1 aliphatic heterocycles. The lowest BCUT2D eigenvalue weighted by atomic mass is 9.99. The van der Waals surface area contributed by atoms with Crippen LogP contribution in [0.15, 0.2) is 53.0 Å². The summed E-state index contributed by atoms with van der Waals surface area (Å²) in [5.41, 5.74) is 4.37. The van der Waals surface area contributed by atoms with Gasteiger partial charge in [0.05, 0.1) is 0 Å². The van der Waals surface area contributed by atoms with Gasteiger partial charge in [-0.05, 0) is 35.2 Å². The first-order valence-electron chi connectivity index (χ1n) is 6.35. The molecule has 18 heavy (non-hydrogen) atoms. The number of nitrogens with zero attached hydrogens (tertiary/aromatic N) is 1. The van der Waals surface area contributed by atoms with Crippen LogP contribution in [0.3, 0.4) is 0 Å². The molecule has 0 radical (unpaired) electrons. The molecule has 1 nitrogen and oxygen atoms in total. The minimum Gasteiger partial charge on any atom is -0.294 e. The number of halogens is 1. The Bertz CT molecular complexity index is 536. The van der Waals surface area contributed by atoms with Gasteiger partial charge in [-0.2, -0.15) is 0 Å². The summed E-state index contributed by atoms with van der Waals surface area (Å²) in [4.78, 5) is 2.52. The van der Waals surface area contributed by atoms with Crippen molar-refractivity contribution in [1.82, 2.24) is 4.90 Å². The van der Waals surface area contributed by atoms with Gasteiger partial charge in [-0.15, -0.1) is 0 Å². The van der Waals surface area contributed by atoms with Gasteiger partial charge in [0.2, 0.25) is 0 Å². The average Bonchev–Trinajstić information content (AvgIpc) is 2.39. The Kier molecular flexibility index (Phi) is 3.48. The van der Waals surface area contributed by atoms with Crippen molar-refractivity contribution in [2.75, 3.05) is 6.54 Å². The predicted octanol–water partition coefficient (Wildman–Crippen LogP) is 4.01. The standard InChI is InChI=1S/C16H16BrN/c17-16-7-6-14-8-9-18(12-15(14)10-16)11-13-4-2-1-3-5-13/h1-7,10H,8-9,11-12H2. The third kappa shape index (κ3) is 2.65. The lowest BCUT2D eigenvalue weighted by molar-refractivity contribution is 0.245. The van der Waals surface area contributed by atoms with Gasteiger partial charge in [-0.3, -0.25) is 4.90 Å². The molecule has 2 heteroatoms. The van der Waals surface area contributed by atoms with Crippen molar-refractivity contribution in [3.8, 4) is 0 Å². The van der Waals surface area contributed by atoms with E-state index in [4.69, 9.17) is 0 Å². The molecule has 0 unspecified atom stereocenters. The van der Waals surface area contributed by atoms with E-state index in [-0.39, 0.29) is 0 Å². The molecule has 0 atom stereocenters. The molecule has 0 saturated carbocycles. The van der Waals surface area contributed by atoms with E-state index in [1.54, 1.807) is 0 Å². The number of hydrogen-bond acceptors (Lipinski definition) is 1.